The van der Waals surface area contributed by atoms with Gasteiger partial charge in [0.15, 0.2) is 0 Å². The minimum atomic E-state index is 0.442. The number of hydrogen-bond acceptors (Lipinski definition) is 1. The summed E-state index contributed by atoms with van der Waals surface area (Å²) in [5, 5.41) is 2.61. The zero-order valence-corrected chi connectivity index (χ0v) is 19.9. The first-order chi connectivity index (χ1) is 15.9. The molecule has 5 rings (SSSR count). The fourth-order valence-electron chi connectivity index (χ4n) is 5.19. The molecule has 0 bridgehead atoms. The molecule has 1 saturated carbocycles. The van der Waals surface area contributed by atoms with E-state index in [1.54, 1.807) is 0 Å². The first-order valence-electron chi connectivity index (χ1n) is 11.8. The maximum atomic E-state index is 4.45. The van der Waals surface area contributed by atoms with Crippen LogP contribution in [-0.2, 0) is 0 Å². The SMILES string of the molecule is C=C1CC(C(C)c2ccc3[nH]c4ccccc4c3c2)CC(=C)C1=Cc1ccc(N(C)C)cc1. The van der Waals surface area contributed by atoms with Gasteiger partial charge < -0.3 is 9.88 Å². The number of nitrogens with one attached hydrogen (secondary N) is 1. The van der Waals surface area contributed by atoms with Crippen molar-refractivity contribution < 1.29 is 0 Å². The van der Waals surface area contributed by atoms with E-state index in [0.29, 0.717) is 11.8 Å². The van der Waals surface area contributed by atoms with Crippen molar-refractivity contribution in [3.63, 3.8) is 0 Å². The first-order valence-corrected chi connectivity index (χ1v) is 11.8. The van der Waals surface area contributed by atoms with E-state index in [-0.39, 0.29) is 0 Å². The molecule has 1 fully saturated rings. The molecule has 33 heavy (non-hydrogen) atoms. The highest BCUT2D eigenvalue weighted by atomic mass is 15.1. The second-order valence-corrected chi connectivity index (χ2v) is 9.68. The van der Waals surface area contributed by atoms with Gasteiger partial charge in [-0.3, -0.25) is 0 Å². The predicted octanol–water partition coefficient (Wildman–Crippen LogP) is 8.10. The van der Waals surface area contributed by atoms with Gasteiger partial charge in [-0.15, -0.1) is 0 Å². The highest BCUT2D eigenvalue weighted by molar-refractivity contribution is 6.07. The van der Waals surface area contributed by atoms with Crippen LogP contribution >= 0.6 is 0 Å². The van der Waals surface area contributed by atoms with Crippen LogP contribution in [0.1, 0.15) is 36.8 Å². The number of para-hydroxylation sites is 1. The van der Waals surface area contributed by atoms with Gasteiger partial charge in [0.25, 0.3) is 0 Å². The Morgan fingerprint density at radius 2 is 1.55 bits per heavy atom. The van der Waals surface area contributed by atoms with Crippen LogP contribution < -0.4 is 4.90 Å². The summed E-state index contributed by atoms with van der Waals surface area (Å²) in [5.41, 5.74) is 9.84. The standard InChI is InChI=1S/C31H32N2/c1-20-16-25(17-21(2)28(20)18-23-10-13-26(14-11-23)33(4)5)22(3)24-12-15-31-29(19-24)27-8-6-7-9-30(27)32-31/h6-15,18-19,22,25,32H,1-2,16-17H2,3-5H3. The lowest BCUT2D eigenvalue weighted by Crippen LogP contribution is -2.18. The molecule has 4 aromatic rings. The Labute approximate surface area is 196 Å². The van der Waals surface area contributed by atoms with Crippen molar-refractivity contribution in [2.24, 2.45) is 5.92 Å². The lowest BCUT2D eigenvalue weighted by atomic mass is 9.72. The van der Waals surface area contributed by atoms with E-state index < -0.39 is 0 Å². The predicted molar refractivity (Wildman–Crippen MR) is 144 cm³/mol. The summed E-state index contributed by atoms with van der Waals surface area (Å²) in [5.74, 6) is 0.957. The molecule has 1 atom stereocenters. The van der Waals surface area contributed by atoms with Gasteiger partial charge in [0.2, 0.25) is 0 Å². The molecule has 1 heterocycles. The van der Waals surface area contributed by atoms with Crippen LogP contribution in [0.3, 0.4) is 0 Å². The third kappa shape index (κ3) is 4.02. The summed E-state index contributed by atoms with van der Waals surface area (Å²) in [6.45, 7) is 11.3. The molecule has 0 amide bonds. The Morgan fingerprint density at radius 1 is 0.879 bits per heavy atom. The number of aromatic amines is 1. The Hall–Kier alpha value is -3.52. The van der Waals surface area contributed by atoms with Crippen LogP contribution in [0.2, 0.25) is 0 Å². The van der Waals surface area contributed by atoms with Crippen LogP contribution in [0.4, 0.5) is 5.69 Å². The monoisotopic (exact) mass is 432 g/mol. The third-order valence-electron chi connectivity index (χ3n) is 7.26. The van der Waals surface area contributed by atoms with Gasteiger partial charge in [0.05, 0.1) is 0 Å². The minimum Gasteiger partial charge on any atom is -0.378 e. The van der Waals surface area contributed by atoms with E-state index in [1.165, 1.54) is 55.3 Å². The van der Waals surface area contributed by atoms with Gasteiger partial charge in [-0.2, -0.15) is 0 Å². The average molecular weight is 433 g/mol. The highest BCUT2D eigenvalue weighted by Crippen LogP contribution is 2.43. The molecule has 0 aliphatic heterocycles. The summed E-state index contributed by atoms with van der Waals surface area (Å²) in [6, 6.07) is 24.1. The van der Waals surface area contributed by atoms with E-state index in [0.717, 1.165) is 12.8 Å². The molecule has 0 saturated heterocycles. The van der Waals surface area contributed by atoms with Crippen LogP contribution in [0.5, 0.6) is 0 Å². The molecule has 1 aliphatic rings. The number of aromatic nitrogens is 1. The molecule has 3 aromatic carbocycles. The molecule has 1 aliphatic carbocycles. The van der Waals surface area contributed by atoms with Crippen LogP contribution in [-0.4, -0.2) is 19.1 Å². The van der Waals surface area contributed by atoms with Crippen LogP contribution in [0, 0.1) is 5.92 Å². The maximum absolute atomic E-state index is 4.45. The topological polar surface area (TPSA) is 19.0 Å². The highest BCUT2D eigenvalue weighted by Gasteiger charge is 2.28. The molecule has 1 unspecified atom stereocenters. The van der Waals surface area contributed by atoms with E-state index in [2.05, 4.69) is 117 Å². The lowest BCUT2D eigenvalue weighted by Gasteiger charge is -2.32. The van der Waals surface area contributed by atoms with E-state index in [9.17, 15) is 0 Å². The zero-order chi connectivity index (χ0) is 23.1. The van der Waals surface area contributed by atoms with E-state index >= 15 is 0 Å². The Balaban J connectivity index is 1.38. The Bertz CT molecular complexity index is 1360. The molecular formula is C31H32N2. The van der Waals surface area contributed by atoms with Crippen molar-refractivity contribution in [2.45, 2.75) is 25.7 Å². The van der Waals surface area contributed by atoms with Gasteiger partial charge in [-0.05, 0) is 88.9 Å². The molecule has 0 spiro atoms. The number of nitrogens with zero attached hydrogens (tertiary/aromatic N) is 1. The number of hydrogen-bond donors (Lipinski definition) is 1. The van der Waals surface area contributed by atoms with Gasteiger partial charge in [-0.1, -0.05) is 56.5 Å². The van der Waals surface area contributed by atoms with Crippen molar-refractivity contribution >= 4 is 33.6 Å². The van der Waals surface area contributed by atoms with Gasteiger partial charge >= 0.3 is 0 Å². The fourth-order valence-corrected chi connectivity index (χ4v) is 5.19. The third-order valence-corrected chi connectivity index (χ3v) is 7.26. The van der Waals surface area contributed by atoms with Crippen LogP contribution in [0.25, 0.3) is 27.9 Å². The summed E-state index contributed by atoms with van der Waals surface area (Å²) in [4.78, 5) is 5.66. The molecule has 1 N–H and O–H groups in total. The lowest BCUT2D eigenvalue weighted by molar-refractivity contribution is 0.429. The van der Waals surface area contributed by atoms with Gasteiger partial charge in [0.1, 0.15) is 0 Å². The Kier molecular flexibility index (Phi) is 5.46. The van der Waals surface area contributed by atoms with Crippen molar-refractivity contribution in [1.82, 2.24) is 4.98 Å². The number of benzene rings is 3. The fraction of sp³-hybridized carbons (Fsp3) is 0.226. The smallest absolute Gasteiger partial charge is 0.0465 e. The van der Waals surface area contributed by atoms with Crippen molar-refractivity contribution in [3.05, 3.63) is 108 Å². The van der Waals surface area contributed by atoms with Crippen molar-refractivity contribution in [2.75, 3.05) is 19.0 Å². The first kappa shape index (κ1) is 21.3. The number of H-pyrrole nitrogens is 1. The second-order valence-electron chi connectivity index (χ2n) is 9.68. The molecule has 2 heteroatoms. The minimum absolute atomic E-state index is 0.442. The van der Waals surface area contributed by atoms with E-state index in [1.807, 2.05) is 0 Å². The summed E-state index contributed by atoms with van der Waals surface area (Å²) < 4.78 is 0. The summed E-state index contributed by atoms with van der Waals surface area (Å²) in [6.07, 6.45) is 4.27. The Morgan fingerprint density at radius 3 is 2.24 bits per heavy atom. The van der Waals surface area contributed by atoms with Crippen molar-refractivity contribution in [1.29, 1.82) is 0 Å². The van der Waals surface area contributed by atoms with Crippen LogP contribution in [0.15, 0.2) is 96.6 Å². The number of allylic oxidation sites excluding steroid dienone is 3. The molecule has 1 aromatic heterocycles. The summed E-state index contributed by atoms with van der Waals surface area (Å²) >= 11 is 0. The molecule has 2 nitrogen and oxygen atoms in total. The summed E-state index contributed by atoms with van der Waals surface area (Å²) in [7, 11) is 4.13. The molecule has 166 valence electrons. The largest absolute Gasteiger partial charge is 0.378 e. The normalized spacial score (nSPS) is 17.5. The van der Waals surface area contributed by atoms with Gasteiger partial charge in [-0.25, -0.2) is 0 Å². The zero-order valence-electron chi connectivity index (χ0n) is 19.9. The number of rotatable bonds is 4. The molecule has 0 radical (unpaired) electrons. The quantitative estimate of drug-likeness (QED) is 0.345. The van der Waals surface area contributed by atoms with Gasteiger partial charge in [0, 0.05) is 41.6 Å². The van der Waals surface area contributed by atoms with Crippen molar-refractivity contribution in [3.8, 4) is 0 Å². The molecular weight excluding hydrogens is 400 g/mol. The second kappa shape index (κ2) is 8.44. The number of anilines is 1. The van der Waals surface area contributed by atoms with E-state index in [4.69, 9.17) is 0 Å². The number of fused-ring (bicyclic) bond motifs is 3. The average Bonchev–Trinajstić information content (AvgIpc) is 3.19. The maximum Gasteiger partial charge on any atom is 0.0465 e.